The van der Waals surface area contributed by atoms with Gasteiger partial charge in [-0.1, -0.05) is 5.16 Å². The zero-order valence-corrected chi connectivity index (χ0v) is 9.19. The topological polar surface area (TPSA) is 38.5 Å². The maximum Gasteiger partial charge on any atom is 0.138 e. The van der Waals surface area contributed by atoms with Crippen LogP contribution in [0.25, 0.3) is 0 Å². The lowest BCUT2D eigenvalue weighted by atomic mass is 10.2. The van der Waals surface area contributed by atoms with Crippen molar-refractivity contribution < 1.29 is 9.26 Å². The zero-order chi connectivity index (χ0) is 10.4. The number of aromatic nitrogens is 1. The fourth-order valence-corrected chi connectivity index (χ4v) is 2.60. The summed E-state index contributed by atoms with van der Waals surface area (Å²) in [6, 6.07) is 0.615. The predicted octanol–water partition coefficient (Wildman–Crippen LogP) is 1.26. The van der Waals surface area contributed by atoms with E-state index in [4.69, 9.17) is 9.26 Å². The Kier molecular flexibility index (Phi) is 2.07. The third-order valence-electron chi connectivity index (χ3n) is 3.56. The van der Waals surface area contributed by atoms with Gasteiger partial charge in [-0.05, 0) is 20.3 Å². The molecule has 2 aliphatic rings. The number of likely N-dealkylation sites (tertiary alicyclic amines) is 1. The van der Waals surface area contributed by atoms with Crippen molar-refractivity contribution in [3.05, 3.63) is 17.0 Å². The Hall–Kier alpha value is -0.870. The minimum absolute atomic E-state index is 0.468. The molecule has 0 aromatic carbocycles. The van der Waals surface area contributed by atoms with Crippen LogP contribution in [0.1, 0.15) is 23.4 Å². The largest absolute Gasteiger partial charge is 0.375 e. The van der Waals surface area contributed by atoms with Crippen LogP contribution in [0.3, 0.4) is 0 Å². The van der Waals surface area contributed by atoms with Gasteiger partial charge < -0.3 is 9.26 Å². The first kappa shape index (κ1) is 9.36. The van der Waals surface area contributed by atoms with Crippen LogP contribution < -0.4 is 0 Å². The summed E-state index contributed by atoms with van der Waals surface area (Å²) in [6.45, 7) is 6.92. The molecular formula is C11H16N2O2. The van der Waals surface area contributed by atoms with Gasteiger partial charge >= 0.3 is 0 Å². The smallest absolute Gasteiger partial charge is 0.138 e. The van der Waals surface area contributed by atoms with Crippen molar-refractivity contribution in [1.82, 2.24) is 10.1 Å². The molecule has 4 nitrogen and oxygen atoms in total. The molecule has 2 fully saturated rings. The Bertz CT molecular complexity index is 355. The predicted molar refractivity (Wildman–Crippen MR) is 54.5 cm³/mol. The summed E-state index contributed by atoms with van der Waals surface area (Å²) in [4.78, 5) is 2.49. The molecule has 3 heterocycles. The quantitative estimate of drug-likeness (QED) is 0.733. The molecule has 0 aliphatic carbocycles. The summed E-state index contributed by atoms with van der Waals surface area (Å²) in [5, 5.41) is 3.99. The second-order valence-electron chi connectivity index (χ2n) is 4.58. The van der Waals surface area contributed by atoms with Crippen molar-refractivity contribution in [3.63, 3.8) is 0 Å². The van der Waals surface area contributed by atoms with E-state index in [0.29, 0.717) is 12.1 Å². The van der Waals surface area contributed by atoms with E-state index >= 15 is 0 Å². The van der Waals surface area contributed by atoms with E-state index in [9.17, 15) is 0 Å². The van der Waals surface area contributed by atoms with Crippen molar-refractivity contribution in [3.8, 4) is 0 Å². The van der Waals surface area contributed by atoms with Crippen LogP contribution in [0.2, 0.25) is 0 Å². The zero-order valence-electron chi connectivity index (χ0n) is 9.19. The van der Waals surface area contributed by atoms with Crippen molar-refractivity contribution in [1.29, 1.82) is 0 Å². The molecule has 2 aliphatic heterocycles. The van der Waals surface area contributed by atoms with E-state index < -0.39 is 0 Å². The van der Waals surface area contributed by atoms with Crippen LogP contribution in [0.5, 0.6) is 0 Å². The van der Waals surface area contributed by atoms with Gasteiger partial charge in [0.05, 0.1) is 18.4 Å². The summed E-state index contributed by atoms with van der Waals surface area (Å²) in [7, 11) is 0. The lowest BCUT2D eigenvalue weighted by Crippen LogP contribution is -2.36. The Labute approximate surface area is 89.2 Å². The molecule has 2 atom stereocenters. The van der Waals surface area contributed by atoms with E-state index in [2.05, 4.69) is 10.1 Å². The summed E-state index contributed by atoms with van der Waals surface area (Å²) in [6.07, 6.45) is 1.67. The molecule has 15 heavy (non-hydrogen) atoms. The van der Waals surface area contributed by atoms with Gasteiger partial charge in [0.1, 0.15) is 5.76 Å². The van der Waals surface area contributed by atoms with Gasteiger partial charge in [-0.3, -0.25) is 4.90 Å². The lowest BCUT2D eigenvalue weighted by molar-refractivity contribution is 0.0271. The molecule has 0 spiro atoms. The summed E-state index contributed by atoms with van der Waals surface area (Å²) in [5.74, 6) is 0.955. The average Bonchev–Trinajstić information content (AvgIpc) is 2.89. The van der Waals surface area contributed by atoms with Crippen molar-refractivity contribution >= 4 is 0 Å². The first-order valence-corrected chi connectivity index (χ1v) is 5.51. The third kappa shape index (κ3) is 1.48. The molecular weight excluding hydrogens is 192 g/mol. The van der Waals surface area contributed by atoms with Gasteiger partial charge in [-0.15, -0.1) is 0 Å². The van der Waals surface area contributed by atoms with Crippen LogP contribution in [0.4, 0.5) is 0 Å². The normalized spacial score (nSPS) is 30.3. The standard InChI is InChI=1S/C11H16N2O2/c1-7-11(8(2)15-12-7)5-13-4-10-3-9(13)6-14-10/h9-10H,3-6H2,1-2H3/t9-,10+/m0/s1. The van der Waals surface area contributed by atoms with Gasteiger partial charge in [0.15, 0.2) is 0 Å². The van der Waals surface area contributed by atoms with E-state index in [-0.39, 0.29) is 0 Å². The Balaban J connectivity index is 1.76. The molecule has 4 heteroatoms. The highest BCUT2D eigenvalue weighted by Gasteiger charge is 2.39. The fraction of sp³-hybridized carbons (Fsp3) is 0.727. The molecule has 3 rings (SSSR count). The number of ether oxygens (including phenoxy) is 1. The van der Waals surface area contributed by atoms with E-state index in [1.165, 1.54) is 12.0 Å². The van der Waals surface area contributed by atoms with Crippen LogP contribution in [0.15, 0.2) is 4.52 Å². The highest BCUT2D eigenvalue weighted by molar-refractivity contribution is 5.21. The van der Waals surface area contributed by atoms with Crippen LogP contribution >= 0.6 is 0 Å². The molecule has 0 amide bonds. The maximum absolute atomic E-state index is 5.58. The molecule has 0 N–H and O–H groups in total. The van der Waals surface area contributed by atoms with Crippen LogP contribution in [-0.2, 0) is 11.3 Å². The Morgan fingerprint density at radius 2 is 2.33 bits per heavy atom. The molecule has 0 radical (unpaired) electrons. The summed E-state index contributed by atoms with van der Waals surface area (Å²) >= 11 is 0. The minimum Gasteiger partial charge on any atom is -0.375 e. The van der Waals surface area contributed by atoms with E-state index in [1.807, 2.05) is 13.8 Å². The molecule has 0 unspecified atom stereocenters. The van der Waals surface area contributed by atoms with Gasteiger partial charge in [0.25, 0.3) is 0 Å². The summed E-state index contributed by atoms with van der Waals surface area (Å²) in [5.41, 5.74) is 2.28. The van der Waals surface area contributed by atoms with Crippen molar-refractivity contribution in [2.24, 2.45) is 0 Å². The highest BCUT2D eigenvalue weighted by Crippen LogP contribution is 2.30. The minimum atomic E-state index is 0.468. The second kappa shape index (κ2) is 3.32. The average molecular weight is 208 g/mol. The fourth-order valence-electron chi connectivity index (χ4n) is 2.60. The monoisotopic (exact) mass is 208 g/mol. The van der Waals surface area contributed by atoms with Crippen LogP contribution in [-0.4, -0.2) is 35.4 Å². The Morgan fingerprint density at radius 1 is 1.47 bits per heavy atom. The lowest BCUT2D eigenvalue weighted by Gasteiger charge is -2.26. The molecule has 1 aromatic rings. The van der Waals surface area contributed by atoms with Gasteiger partial charge in [0, 0.05) is 24.7 Å². The number of morpholine rings is 1. The molecule has 82 valence electrons. The van der Waals surface area contributed by atoms with Crippen molar-refractivity contribution in [2.45, 2.75) is 39.0 Å². The Morgan fingerprint density at radius 3 is 2.87 bits per heavy atom. The number of rotatable bonds is 2. The highest BCUT2D eigenvalue weighted by atomic mass is 16.5. The van der Waals surface area contributed by atoms with E-state index in [1.54, 1.807) is 0 Å². The third-order valence-corrected chi connectivity index (χ3v) is 3.56. The summed E-state index contributed by atoms with van der Waals surface area (Å²) < 4.78 is 10.8. The number of nitrogens with zero attached hydrogens (tertiary/aromatic N) is 2. The van der Waals surface area contributed by atoms with Crippen LogP contribution in [0, 0.1) is 13.8 Å². The van der Waals surface area contributed by atoms with Gasteiger partial charge in [-0.2, -0.15) is 0 Å². The molecule has 2 bridgehead atoms. The van der Waals surface area contributed by atoms with Gasteiger partial charge in [0.2, 0.25) is 0 Å². The number of fused-ring (bicyclic) bond motifs is 2. The second-order valence-corrected chi connectivity index (χ2v) is 4.58. The van der Waals surface area contributed by atoms with Crippen molar-refractivity contribution in [2.75, 3.05) is 13.2 Å². The number of aryl methyl sites for hydroxylation is 2. The maximum atomic E-state index is 5.58. The number of hydrogen-bond acceptors (Lipinski definition) is 4. The first-order chi connectivity index (χ1) is 7.24. The van der Waals surface area contributed by atoms with E-state index in [0.717, 1.165) is 31.2 Å². The molecule has 0 saturated carbocycles. The molecule has 2 saturated heterocycles. The SMILES string of the molecule is Cc1noc(C)c1CN1C[C@H]2C[C@H]1CO2. The molecule has 1 aromatic heterocycles. The van der Waals surface area contributed by atoms with Gasteiger partial charge in [-0.25, -0.2) is 0 Å². The first-order valence-electron chi connectivity index (χ1n) is 5.51. The number of hydrogen-bond donors (Lipinski definition) is 0.